The molecule has 0 aromatic rings. The molecule has 0 spiro atoms. The first-order chi connectivity index (χ1) is 5.75. The van der Waals surface area contributed by atoms with Gasteiger partial charge in [0.25, 0.3) is 0 Å². The third kappa shape index (κ3) is 5.17. The van der Waals surface area contributed by atoms with Crippen LogP contribution >= 0.6 is 12.2 Å². The fourth-order valence-corrected chi connectivity index (χ4v) is 2.57. The van der Waals surface area contributed by atoms with Crippen LogP contribution in [0.25, 0.3) is 0 Å². The van der Waals surface area contributed by atoms with E-state index in [0.29, 0.717) is 0 Å². The van der Waals surface area contributed by atoms with E-state index < -0.39 is 10.0 Å². The highest BCUT2D eigenvalue weighted by Gasteiger charge is 2.19. The molecule has 2 N–H and O–H groups in total. The summed E-state index contributed by atoms with van der Waals surface area (Å²) in [6.07, 6.45) is 0. The minimum atomic E-state index is -3.19. The number of likely N-dealkylation sites (N-methyl/N-ethyl adjacent to an activating group) is 1. The van der Waals surface area contributed by atoms with Crippen LogP contribution in [0.3, 0.4) is 0 Å². The zero-order chi connectivity index (χ0) is 10.6. The van der Waals surface area contributed by atoms with Crippen LogP contribution < -0.4 is 5.73 Å². The SMILES string of the molecule is CC(C)CS(=O)(=O)N(C)CC(N)=S. The van der Waals surface area contributed by atoms with Crippen LogP contribution in [0.4, 0.5) is 0 Å². The van der Waals surface area contributed by atoms with Gasteiger partial charge in [-0.2, -0.15) is 4.31 Å². The van der Waals surface area contributed by atoms with Crippen LogP contribution in [0.5, 0.6) is 0 Å². The van der Waals surface area contributed by atoms with Gasteiger partial charge in [0.1, 0.15) is 0 Å². The minimum Gasteiger partial charge on any atom is -0.392 e. The van der Waals surface area contributed by atoms with Crippen molar-refractivity contribution in [1.82, 2.24) is 4.31 Å². The van der Waals surface area contributed by atoms with Gasteiger partial charge in [-0.05, 0) is 5.92 Å². The molecule has 0 atom stereocenters. The molecule has 0 heterocycles. The molecule has 0 rings (SSSR count). The van der Waals surface area contributed by atoms with Gasteiger partial charge in [-0.15, -0.1) is 0 Å². The van der Waals surface area contributed by atoms with Crippen molar-refractivity contribution < 1.29 is 8.42 Å². The van der Waals surface area contributed by atoms with E-state index in [-0.39, 0.29) is 23.2 Å². The van der Waals surface area contributed by atoms with E-state index in [0.717, 1.165) is 0 Å². The summed E-state index contributed by atoms with van der Waals surface area (Å²) >= 11 is 4.63. The molecule has 13 heavy (non-hydrogen) atoms. The molecule has 0 saturated heterocycles. The van der Waals surface area contributed by atoms with Crippen molar-refractivity contribution in [3.05, 3.63) is 0 Å². The Kier molecular flexibility index (Phi) is 4.80. The summed E-state index contributed by atoms with van der Waals surface area (Å²) in [5.41, 5.74) is 5.25. The molecule has 0 amide bonds. The lowest BCUT2D eigenvalue weighted by atomic mass is 10.3. The monoisotopic (exact) mass is 224 g/mol. The van der Waals surface area contributed by atoms with Gasteiger partial charge in [-0.3, -0.25) is 0 Å². The average Bonchev–Trinajstić information content (AvgIpc) is 1.81. The number of nitrogens with zero attached hydrogens (tertiary/aromatic N) is 1. The zero-order valence-corrected chi connectivity index (χ0v) is 9.78. The largest absolute Gasteiger partial charge is 0.392 e. The fourth-order valence-electron chi connectivity index (χ4n) is 0.866. The van der Waals surface area contributed by atoms with Crippen LogP contribution in [-0.2, 0) is 10.0 Å². The lowest BCUT2D eigenvalue weighted by Crippen LogP contribution is -2.36. The summed E-state index contributed by atoms with van der Waals surface area (Å²) in [5.74, 6) is 0.241. The predicted molar refractivity (Wildman–Crippen MR) is 58.0 cm³/mol. The van der Waals surface area contributed by atoms with Crippen molar-refractivity contribution in [1.29, 1.82) is 0 Å². The predicted octanol–water partition coefficient (Wildman–Crippen LogP) is 0.190. The summed E-state index contributed by atoms with van der Waals surface area (Å²) in [6, 6.07) is 0. The van der Waals surface area contributed by atoms with Crippen LogP contribution in [0.2, 0.25) is 0 Å². The van der Waals surface area contributed by atoms with Gasteiger partial charge in [-0.1, -0.05) is 26.1 Å². The Labute approximate surface area is 85.1 Å². The molecule has 0 unspecified atom stereocenters. The Balaban J connectivity index is 4.37. The van der Waals surface area contributed by atoms with Crippen molar-refractivity contribution in [3.63, 3.8) is 0 Å². The van der Waals surface area contributed by atoms with E-state index in [4.69, 9.17) is 5.73 Å². The molecule has 0 bridgehead atoms. The second-order valence-electron chi connectivity index (χ2n) is 3.39. The number of hydrogen-bond acceptors (Lipinski definition) is 3. The molecule has 4 nitrogen and oxygen atoms in total. The van der Waals surface area contributed by atoms with E-state index in [1.165, 1.54) is 11.4 Å². The van der Waals surface area contributed by atoms with Crippen LogP contribution in [0.15, 0.2) is 0 Å². The summed E-state index contributed by atoms with van der Waals surface area (Å²) < 4.78 is 24.2. The normalized spacial score (nSPS) is 12.4. The maximum Gasteiger partial charge on any atom is 0.214 e. The third-order valence-electron chi connectivity index (χ3n) is 1.40. The summed E-state index contributed by atoms with van der Waals surface area (Å²) in [7, 11) is -1.71. The Hall–Kier alpha value is -0.200. The number of hydrogen-bond donors (Lipinski definition) is 1. The van der Waals surface area contributed by atoms with E-state index in [1.807, 2.05) is 13.8 Å². The Morgan fingerprint density at radius 3 is 2.31 bits per heavy atom. The topological polar surface area (TPSA) is 63.4 Å². The molecule has 0 radical (unpaired) electrons. The molecule has 0 aromatic carbocycles. The maximum absolute atomic E-state index is 11.5. The van der Waals surface area contributed by atoms with Crippen LogP contribution in [-0.4, -0.2) is 37.1 Å². The maximum atomic E-state index is 11.5. The third-order valence-corrected chi connectivity index (χ3v) is 3.69. The number of thiocarbonyl (C=S) groups is 1. The molecule has 0 aliphatic heterocycles. The minimum absolute atomic E-state index is 0.110. The lowest BCUT2D eigenvalue weighted by molar-refractivity contribution is 0.496. The fraction of sp³-hybridized carbons (Fsp3) is 0.857. The Morgan fingerprint density at radius 2 is 2.00 bits per heavy atom. The smallest absolute Gasteiger partial charge is 0.214 e. The van der Waals surface area contributed by atoms with Gasteiger partial charge in [0.15, 0.2) is 0 Å². The average molecular weight is 224 g/mol. The van der Waals surface area contributed by atoms with Crippen LogP contribution in [0, 0.1) is 5.92 Å². The second-order valence-corrected chi connectivity index (χ2v) is 6.04. The van der Waals surface area contributed by atoms with Crippen molar-refractivity contribution in [2.24, 2.45) is 11.7 Å². The van der Waals surface area contributed by atoms with Crippen molar-refractivity contribution >= 4 is 27.2 Å². The standard InChI is InChI=1S/C7H16N2O2S2/c1-6(2)5-13(10,11)9(3)4-7(8)12/h6H,4-5H2,1-3H3,(H2,8,12). The van der Waals surface area contributed by atoms with E-state index in [1.54, 1.807) is 0 Å². The molecule has 0 aromatic heterocycles. The van der Waals surface area contributed by atoms with Gasteiger partial charge >= 0.3 is 0 Å². The van der Waals surface area contributed by atoms with Crippen LogP contribution in [0.1, 0.15) is 13.8 Å². The Morgan fingerprint density at radius 1 is 1.54 bits per heavy atom. The highest BCUT2D eigenvalue weighted by molar-refractivity contribution is 7.89. The van der Waals surface area contributed by atoms with Crippen molar-refractivity contribution in [2.45, 2.75) is 13.8 Å². The highest BCUT2D eigenvalue weighted by Crippen LogP contribution is 2.04. The molecular formula is C7H16N2O2S2. The molecule has 0 aliphatic rings. The number of sulfonamides is 1. The number of nitrogens with two attached hydrogens (primary N) is 1. The first kappa shape index (κ1) is 12.8. The lowest BCUT2D eigenvalue weighted by Gasteiger charge is -2.17. The van der Waals surface area contributed by atoms with Crippen molar-refractivity contribution in [3.8, 4) is 0 Å². The van der Waals surface area contributed by atoms with Crippen molar-refractivity contribution in [2.75, 3.05) is 19.3 Å². The molecular weight excluding hydrogens is 208 g/mol. The van der Waals surface area contributed by atoms with Gasteiger partial charge < -0.3 is 5.73 Å². The quantitative estimate of drug-likeness (QED) is 0.677. The first-order valence-corrected chi connectivity index (χ1v) is 5.99. The van der Waals surface area contributed by atoms with E-state index in [9.17, 15) is 8.42 Å². The highest BCUT2D eigenvalue weighted by atomic mass is 32.2. The van der Waals surface area contributed by atoms with Gasteiger partial charge in [-0.25, -0.2) is 8.42 Å². The molecule has 0 fully saturated rings. The molecule has 0 saturated carbocycles. The van der Waals surface area contributed by atoms with E-state index in [2.05, 4.69) is 12.2 Å². The summed E-state index contributed by atoms with van der Waals surface area (Å²) in [6.45, 7) is 3.82. The van der Waals surface area contributed by atoms with Gasteiger partial charge in [0.2, 0.25) is 10.0 Å². The zero-order valence-electron chi connectivity index (χ0n) is 8.15. The second kappa shape index (κ2) is 4.88. The molecule has 6 heteroatoms. The first-order valence-electron chi connectivity index (χ1n) is 3.98. The summed E-state index contributed by atoms with van der Waals surface area (Å²) in [4.78, 5) is 0.190. The Bertz CT molecular complexity index is 272. The molecule has 0 aliphatic carbocycles. The van der Waals surface area contributed by atoms with Gasteiger partial charge in [0, 0.05) is 7.05 Å². The molecule has 78 valence electrons. The van der Waals surface area contributed by atoms with E-state index >= 15 is 0 Å². The number of rotatable bonds is 5. The van der Waals surface area contributed by atoms with Gasteiger partial charge in [0.05, 0.1) is 17.3 Å². The summed E-state index contributed by atoms with van der Waals surface area (Å²) in [5, 5.41) is 0.